The first-order chi connectivity index (χ1) is 10.2. The highest BCUT2D eigenvalue weighted by molar-refractivity contribution is 9.10. The van der Waals surface area contributed by atoms with Gasteiger partial charge in [0.15, 0.2) is 5.69 Å². The number of carbonyl (C=O) groups excluding carboxylic acids is 1. The van der Waals surface area contributed by atoms with Crippen LogP contribution in [0.2, 0.25) is 0 Å². The van der Waals surface area contributed by atoms with Crippen molar-refractivity contribution in [2.45, 2.75) is 25.2 Å². The summed E-state index contributed by atoms with van der Waals surface area (Å²) in [6.45, 7) is 0.619. The fourth-order valence-electron chi connectivity index (χ4n) is 2.24. The molecule has 1 fully saturated rings. The lowest BCUT2D eigenvalue weighted by atomic mass is 10.2. The summed E-state index contributed by atoms with van der Waals surface area (Å²) < 4.78 is 0.819. The molecule has 110 valence electrons. The van der Waals surface area contributed by atoms with Crippen molar-refractivity contribution in [2.24, 2.45) is 0 Å². The van der Waals surface area contributed by atoms with E-state index in [1.807, 2.05) is 18.2 Å². The van der Waals surface area contributed by atoms with E-state index in [2.05, 4.69) is 31.1 Å². The third kappa shape index (κ3) is 3.15. The molecule has 21 heavy (non-hydrogen) atoms. The number of H-pyrrole nitrogens is 1. The second-order valence-corrected chi connectivity index (χ2v) is 6.16. The molecule has 2 aromatic heterocycles. The summed E-state index contributed by atoms with van der Waals surface area (Å²) >= 11 is 3.50. The maximum Gasteiger partial charge on any atom is 0.275 e. The standard InChI is InChI=1S/C15H17BrN4O/c1-20(9-7-11-4-2-3-8-17-11)15(21)14-12(16)13(18-19-14)10-5-6-10/h2-4,8,10H,5-7,9H2,1H3,(H,18,19). The number of carbonyl (C=O) groups is 1. The second kappa shape index (κ2) is 5.97. The Labute approximate surface area is 131 Å². The monoisotopic (exact) mass is 348 g/mol. The molecule has 2 heterocycles. The molecule has 0 unspecified atom stereocenters. The number of nitrogens with one attached hydrogen (secondary N) is 1. The van der Waals surface area contributed by atoms with E-state index in [9.17, 15) is 4.79 Å². The second-order valence-electron chi connectivity index (χ2n) is 5.37. The number of likely N-dealkylation sites (N-methyl/N-ethyl adjacent to an activating group) is 1. The number of amides is 1. The van der Waals surface area contributed by atoms with Gasteiger partial charge in [0.05, 0.1) is 10.2 Å². The summed E-state index contributed by atoms with van der Waals surface area (Å²) in [5.41, 5.74) is 2.51. The van der Waals surface area contributed by atoms with Gasteiger partial charge in [-0.3, -0.25) is 14.9 Å². The predicted molar refractivity (Wildman–Crippen MR) is 83.2 cm³/mol. The van der Waals surface area contributed by atoms with Crippen molar-refractivity contribution in [3.63, 3.8) is 0 Å². The average Bonchev–Trinajstić information content (AvgIpc) is 3.28. The van der Waals surface area contributed by atoms with Crippen molar-refractivity contribution in [3.8, 4) is 0 Å². The number of pyridine rings is 1. The lowest BCUT2D eigenvalue weighted by Crippen LogP contribution is -2.29. The van der Waals surface area contributed by atoms with Gasteiger partial charge >= 0.3 is 0 Å². The summed E-state index contributed by atoms with van der Waals surface area (Å²) in [6.07, 6.45) is 4.85. The maximum atomic E-state index is 12.4. The summed E-state index contributed by atoms with van der Waals surface area (Å²) in [5.74, 6) is 0.466. The number of nitrogens with zero attached hydrogens (tertiary/aromatic N) is 3. The molecule has 1 amide bonds. The van der Waals surface area contributed by atoms with Crippen LogP contribution >= 0.6 is 15.9 Å². The van der Waals surface area contributed by atoms with Crippen LogP contribution in [-0.4, -0.2) is 39.6 Å². The quantitative estimate of drug-likeness (QED) is 0.903. The minimum absolute atomic E-state index is 0.0686. The van der Waals surface area contributed by atoms with Gasteiger partial charge < -0.3 is 4.90 Å². The van der Waals surface area contributed by atoms with E-state index in [0.717, 1.165) is 22.3 Å². The molecule has 5 nitrogen and oxygen atoms in total. The average molecular weight is 349 g/mol. The summed E-state index contributed by atoms with van der Waals surface area (Å²) in [5, 5.41) is 7.16. The predicted octanol–water partition coefficient (Wildman–Crippen LogP) is 2.76. The first-order valence-corrected chi connectivity index (χ1v) is 7.85. The van der Waals surface area contributed by atoms with Crippen molar-refractivity contribution in [2.75, 3.05) is 13.6 Å². The van der Waals surface area contributed by atoms with Gasteiger partial charge in [-0.1, -0.05) is 6.07 Å². The summed E-state index contributed by atoms with van der Waals surface area (Å²) in [7, 11) is 1.79. The number of aromatic nitrogens is 3. The highest BCUT2D eigenvalue weighted by atomic mass is 79.9. The molecule has 1 aliphatic rings. The summed E-state index contributed by atoms with van der Waals surface area (Å²) in [6, 6.07) is 5.81. The minimum Gasteiger partial charge on any atom is -0.340 e. The van der Waals surface area contributed by atoms with Crippen molar-refractivity contribution >= 4 is 21.8 Å². The van der Waals surface area contributed by atoms with Crippen LogP contribution in [0, 0.1) is 0 Å². The van der Waals surface area contributed by atoms with Gasteiger partial charge in [0, 0.05) is 37.8 Å². The van der Waals surface area contributed by atoms with E-state index in [1.54, 1.807) is 18.1 Å². The fraction of sp³-hybridized carbons (Fsp3) is 0.400. The first kappa shape index (κ1) is 14.3. The van der Waals surface area contributed by atoms with Crippen LogP contribution in [0.1, 0.15) is 40.6 Å². The highest BCUT2D eigenvalue weighted by Gasteiger charge is 2.31. The number of aromatic amines is 1. The molecule has 6 heteroatoms. The van der Waals surface area contributed by atoms with Crippen molar-refractivity contribution in [1.82, 2.24) is 20.1 Å². The van der Waals surface area contributed by atoms with Gasteiger partial charge in [0.1, 0.15) is 0 Å². The molecule has 1 aliphatic carbocycles. The van der Waals surface area contributed by atoms with E-state index in [-0.39, 0.29) is 5.91 Å². The normalized spacial score (nSPS) is 14.2. The van der Waals surface area contributed by atoms with E-state index in [0.29, 0.717) is 18.2 Å². The van der Waals surface area contributed by atoms with Crippen molar-refractivity contribution in [1.29, 1.82) is 0 Å². The van der Waals surface area contributed by atoms with E-state index >= 15 is 0 Å². The largest absolute Gasteiger partial charge is 0.340 e. The highest BCUT2D eigenvalue weighted by Crippen LogP contribution is 2.42. The Balaban J connectivity index is 1.64. The van der Waals surface area contributed by atoms with Crippen molar-refractivity contribution in [3.05, 3.63) is 46.0 Å². The van der Waals surface area contributed by atoms with Gasteiger partial charge in [-0.25, -0.2) is 0 Å². The Morgan fingerprint density at radius 2 is 2.29 bits per heavy atom. The number of halogens is 1. The molecular formula is C15H17BrN4O. The van der Waals surface area contributed by atoms with Gasteiger partial charge in [0.25, 0.3) is 5.91 Å². The van der Waals surface area contributed by atoms with Crippen LogP contribution in [0.3, 0.4) is 0 Å². The molecule has 0 bridgehead atoms. The van der Waals surface area contributed by atoms with Crippen LogP contribution in [0.4, 0.5) is 0 Å². The van der Waals surface area contributed by atoms with E-state index < -0.39 is 0 Å². The molecular weight excluding hydrogens is 332 g/mol. The topological polar surface area (TPSA) is 61.9 Å². The molecule has 0 spiro atoms. The molecule has 0 aliphatic heterocycles. The number of hydrogen-bond acceptors (Lipinski definition) is 3. The lowest BCUT2D eigenvalue weighted by Gasteiger charge is -2.15. The van der Waals surface area contributed by atoms with Gasteiger partial charge in [-0.05, 0) is 40.9 Å². The lowest BCUT2D eigenvalue weighted by molar-refractivity contribution is 0.0789. The number of rotatable bonds is 5. The Bertz CT molecular complexity index is 636. The van der Waals surface area contributed by atoms with Crippen LogP contribution in [-0.2, 0) is 6.42 Å². The molecule has 2 aromatic rings. The Morgan fingerprint density at radius 1 is 1.48 bits per heavy atom. The molecule has 1 saturated carbocycles. The van der Waals surface area contributed by atoms with E-state index in [4.69, 9.17) is 0 Å². The van der Waals surface area contributed by atoms with Crippen LogP contribution in [0.15, 0.2) is 28.9 Å². The third-order valence-electron chi connectivity index (χ3n) is 3.70. The first-order valence-electron chi connectivity index (χ1n) is 7.06. The van der Waals surface area contributed by atoms with Crippen LogP contribution in [0.5, 0.6) is 0 Å². The fourth-order valence-corrected chi connectivity index (χ4v) is 2.91. The third-order valence-corrected chi connectivity index (χ3v) is 4.50. The minimum atomic E-state index is -0.0686. The summed E-state index contributed by atoms with van der Waals surface area (Å²) in [4.78, 5) is 18.4. The smallest absolute Gasteiger partial charge is 0.275 e. The zero-order valence-electron chi connectivity index (χ0n) is 11.8. The zero-order chi connectivity index (χ0) is 14.8. The van der Waals surface area contributed by atoms with Gasteiger partial charge in [-0.2, -0.15) is 5.10 Å². The van der Waals surface area contributed by atoms with Gasteiger partial charge in [0.2, 0.25) is 0 Å². The molecule has 0 saturated heterocycles. The maximum absolute atomic E-state index is 12.4. The molecule has 0 radical (unpaired) electrons. The Hall–Kier alpha value is -1.69. The zero-order valence-corrected chi connectivity index (χ0v) is 13.4. The van der Waals surface area contributed by atoms with Crippen LogP contribution in [0.25, 0.3) is 0 Å². The molecule has 0 atom stereocenters. The number of hydrogen-bond donors (Lipinski definition) is 1. The van der Waals surface area contributed by atoms with Gasteiger partial charge in [-0.15, -0.1) is 0 Å². The Kier molecular flexibility index (Phi) is 4.05. The Morgan fingerprint density at radius 3 is 2.95 bits per heavy atom. The van der Waals surface area contributed by atoms with Crippen LogP contribution < -0.4 is 0 Å². The van der Waals surface area contributed by atoms with E-state index in [1.165, 1.54) is 12.8 Å². The molecule has 0 aromatic carbocycles. The molecule has 1 N–H and O–H groups in total. The molecule has 3 rings (SSSR count). The van der Waals surface area contributed by atoms with Crippen molar-refractivity contribution < 1.29 is 4.79 Å². The SMILES string of the molecule is CN(CCc1ccccn1)C(=O)c1n[nH]c(C2CC2)c1Br.